The fourth-order valence-electron chi connectivity index (χ4n) is 1.25. The molecule has 6 heteroatoms. The van der Waals surface area contributed by atoms with E-state index in [2.05, 4.69) is 15.1 Å². The quantitative estimate of drug-likeness (QED) is 0.749. The molecule has 0 atom stereocenters. The smallest absolute Gasteiger partial charge is 0.235 e. The lowest BCUT2D eigenvalue weighted by atomic mass is 9.96. The summed E-state index contributed by atoms with van der Waals surface area (Å²) in [7, 11) is 0. The second-order valence-electron chi connectivity index (χ2n) is 4.60. The lowest BCUT2D eigenvalue weighted by molar-refractivity contribution is 0.146. The van der Waals surface area contributed by atoms with E-state index in [0.29, 0.717) is 11.5 Å². The summed E-state index contributed by atoms with van der Waals surface area (Å²) < 4.78 is 26.2. The first-order valence-corrected chi connectivity index (χ1v) is 4.89. The highest BCUT2D eigenvalue weighted by molar-refractivity contribution is 5.38. The van der Waals surface area contributed by atoms with Crippen molar-refractivity contribution in [2.24, 2.45) is 0 Å². The summed E-state index contributed by atoms with van der Waals surface area (Å²) in [5, 5.41) is 4.18. The van der Waals surface area contributed by atoms with Crippen LogP contribution in [0.5, 0.6) is 0 Å². The third kappa shape index (κ3) is 1.87. The molecule has 2 heterocycles. The van der Waals surface area contributed by atoms with E-state index in [-0.39, 0.29) is 11.1 Å². The predicted molar refractivity (Wildman–Crippen MR) is 54.4 cm³/mol. The molecule has 0 aliphatic carbocycles. The first kappa shape index (κ1) is 10.9. The fraction of sp³-hybridized carbons (Fsp3) is 0.500. The Bertz CT molecular complexity index is 513. The van der Waals surface area contributed by atoms with Crippen molar-refractivity contribution in [1.82, 2.24) is 19.6 Å². The molecule has 0 amide bonds. The second-order valence-corrected chi connectivity index (χ2v) is 4.60. The van der Waals surface area contributed by atoms with Gasteiger partial charge in [0.2, 0.25) is 0 Å². The first-order valence-electron chi connectivity index (χ1n) is 4.89. The van der Waals surface area contributed by atoms with E-state index in [1.54, 1.807) is 0 Å². The molecule has 0 unspecified atom stereocenters. The molecular weight excluding hydrogens is 214 g/mol. The van der Waals surface area contributed by atoms with Crippen LogP contribution in [0.2, 0.25) is 0 Å². The normalized spacial score (nSPS) is 12.6. The van der Waals surface area contributed by atoms with Crippen molar-refractivity contribution in [3.8, 4) is 0 Å². The molecule has 2 aromatic heterocycles. The summed E-state index contributed by atoms with van der Waals surface area (Å²) in [5.74, 6) is 0.612. The van der Waals surface area contributed by atoms with Crippen LogP contribution in [0.25, 0.3) is 5.65 Å². The number of hydrogen-bond acceptors (Lipinski definition) is 3. The van der Waals surface area contributed by atoms with Gasteiger partial charge in [0.15, 0.2) is 11.5 Å². The Kier molecular flexibility index (Phi) is 2.36. The van der Waals surface area contributed by atoms with E-state index < -0.39 is 6.43 Å². The van der Waals surface area contributed by atoms with Gasteiger partial charge in [-0.3, -0.25) is 0 Å². The summed E-state index contributed by atoms with van der Waals surface area (Å²) in [4.78, 5) is 7.82. The van der Waals surface area contributed by atoms with E-state index in [4.69, 9.17) is 0 Å². The van der Waals surface area contributed by atoms with Crippen LogP contribution in [-0.2, 0) is 5.41 Å². The molecular formula is C10H12F2N4. The Morgan fingerprint density at radius 1 is 1.31 bits per heavy atom. The summed E-state index contributed by atoms with van der Waals surface area (Å²) in [5.41, 5.74) is -0.0904. The zero-order chi connectivity index (χ0) is 11.9. The number of aromatic nitrogens is 4. The number of hydrogen-bond donors (Lipinski definition) is 0. The fourth-order valence-corrected chi connectivity index (χ4v) is 1.25. The molecule has 0 spiro atoms. The molecule has 0 aromatic carbocycles. The predicted octanol–water partition coefficient (Wildman–Crippen LogP) is 2.36. The zero-order valence-corrected chi connectivity index (χ0v) is 9.28. The lowest BCUT2D eigenvalue weighted by Crippen LogP contribution is -2.13. The van der Waals surface area contributed by atoms with Crippen LogP contribution < -0.4 is 0 Å². The monoisotopic (exact) mass is 226 g/mol. The molecule has 2 aromatic rings. The summed E-state index contributed by atoms with van der Waals surface area (Å²) in [6, 6.07) is 1.26. The van der Waals surface area contributed by atoms with Crippen molar-refractivity contribution >= 4 is 5.65 Å². The number of halogens is 2. The van der Waals surface area contributed by atoms with Crippen molar-refractivity contribution in [3.05, 3.63) is 23.9 Å². The van der Waals surface area contributed by atoms with Gasteiger partial charge >= 0.3 is 0 Å². The molecule has 86 valence electrons. The summed E-state index contributed by atoms with van der Waals surface area (Å²) >= 11 is 0. The minimum absolute atomic E-state index is 0.211. The van der Waals surface area contributed by atoms with Crippen molar-refractivity contribution in [2.45, 2.75) is 32.6 Å². The lowest BCUT2D eigenvalue weighted by Gasteiger charge is -2.11. The average molecular weight is 226 g/mol. The first-order chi connectivity index (χ1) is 7.38. The highest BCUT2D eigenvalue weighted by atomic mass is 19.3. The van der Waals surface area contributed by atoms with Crippen LogP contribution in [0.1, 0.15) is 38.7 Å². The maximum atomic E-state index is 12.4. The van der Waals surface area contributed by atoms with Gasteiger partial charge in [0.1, 0.15) is 12.0 Å². The molecule has 2 rings (SSSR count). The summed E-state index contributed by atoms with van der Waals surface area (Å²) in [6.45, 7) is 5.88. The SMILES string of the molecule is CC(C)(C)c1nc2cc(C(F)F)ncn2n1. The summed E-state index contributed by atoms with van der Waals surface area (Å²) in [6.07, 6.45) is -1.32. The Labute approximate surface area is 91.3 Å². The van der Waals surface area contributed by atoms with Gasteiger partial charge in [-0.25, -0.2) is 23.3 Å². The number of rotatable bonds is 1. The van der Waals surface area contributed by atoms with Gasteiger partial charge < -0.3 is 0 Å². The molecule has 0 radical (unpaired) electrons. The molecule has 0 aliphatic heterocycles. The van der Waals surface area contributed by atoms with Crippen molar-refractivity contribution in [1.29, 1.82) is 0 Å². The second kappa shape index (κ2) is 3.47. The van der Waals surface area contributed by atoms with Gasteiger partial charge in [0, 0.05) is 11.5 Å². The molecule has 0 bridgehead atoms. The molecule has 0 saturated carbocycles. The van der Waals surface area contributed by atoms with Gasteiger partial charge in [0.25, 0.3) is 6.43 Å². The van der Waals surface area contributed by atoms with Crippen LogP contribution in [-0.4, -0.2) is 19.6 Å². The average Bonchev–Trinajstić information content (AvgIpc) is 2.58. The molecule has 0 aliphatic rings. The van der Waals surface area contributed by atoms with Gasteiger partial charge in [-0.15, -0.1) is 5.10 Å². The minimum atomic E-state index is -2.58. The standard InChI is InChI=1S/C10H12F2N4/c1-10(2,3)9-14-7-4-6(8(11)12)13-5-16(7)15-9/h4-5,8H,1-3H3. The molecule has 0 N–H and O–H groups in total. The molecule has 16 heavy (non-hydrogen) atoms. The number of fused-ring (bicyclic) bond motifs is 1. The molecule has 0 fully saturated rings. The van der Waals surface area contributed by atoms with E-state index >= 15 is 0 Å². The van der Waals surface area contributed by atoms with Gasteiger partial charge in [-0.2, -0.15) is 0 Å². The Hall–Kier alpha value is -1.59. The topological polar surface area (TPSA) is 43.1 Å². The van der Waals surface area contributed by atoms with Gasteiger partial charge in [-0.1, -0.05) is 20.8 Å². The van der Waals surface area contributed by atoms with Crippen LogP contribution in [0.15, 0.2) is 12.4 Å². The van der Waals surface area contributed by atoms with Crippen molar-refractivity contribution in [2.75, 3.05) is 0 Å². The van der Waals surface area contributed by atoms with Crippen molar-refractivity contribution in [3.63, 3.8) is 0 Å². The Balaban J connectivity index is 2.54. The largest absolute Gasteiger partial charge is 0.280 e. The minimum Gasteiger partial charge on any atom is -0.235 e. The van der Waals surface area contributed by atoms with E-state index in [1.807, 2.05) is 20.8 Å². The number of alkyl halides is 2. The highest BCUT2D eigenvalue weighted by Crippen LogP contribution is 2.21. The van der Waals surface area contributed by atoms with Crippen LogP contribution >= 0.6 is 0 Å². The van der Waals surface area contributed by atoms with Crippen LogP contribution in [0, 0.1) is 0 Å². The molecule has 4 nitrogen and oxygen atoms in total. The zero-order valence-electron chi connectivity index (χ0n) is 9.28. The van der Waals surface area contributed by atoms with Gasteiger partial charge in [-0.05, 0) is 0 Å². The van der Waals surface area contributed by atoms with Crippen molar-refractivity contribution < 1.29 is 8.78 Å². The van der Waals surface area contributed by atoms with Crippen LogP contribution in [0.4, 0.5) is 8.78 Å². The third-order valence-corrected chi connectivity index (χ3v) is 2.15. The Morgan fingerprint density at radius 2 is 2.00 bits per heavy atom. The van der Waals surface area contributed by atoms with E-state index in [0.717, 1.165) is 0 Å². The van der Waals surface area contributed by atoms with Gasteiger partial charge in [0.05, 0.1) is 0 Å². The highest BCUT2D eigenvalue weighted by Gasteiger charge is 2.20. The van der Waals surface area contributed by atoms with E-state index in [1.165, 1.54) is 16.9 Å². The third-order valence-electron chi connectivity index (χ3n) is 2.15. The Morgan fingerprint density at radius 3 is 2.56 bits per heavy atom. The number of nitrogens with zero attached hydrogens (tertiary/aromatic N) is 4. The van der Waals surface area contributed by atoms with E-state index in [9.17, 15) is 8.78 Å². The maximum Gasteiger partial charge on any atom is 0.280 e. The maximum absolute atomic E-state index is 12.4. The van der Waals surface area contributed by atoms with Crippen LogP contribution in [0.3, 0.4) is 0 Å². The molecule has 0 saturated heterocycles.